The van der Waals surface area contributed by atoms with Crippen LogP contribution in [0.25, 0.3) is 0 Å². The quantitative estimate of drug-likeness (QED) is 0.720. The molecule has 0 aliphatic heterocycles. The molecule has 0 aromatic heterocycles. The van der Waals surface area contributed by atoms with Crippen LogP contribution in [0.5, 0.6) is 0 Å². The van der Waals surface area contributed by atoms with Crippen molar-refractivity contribution >= 4 is 11.6 Å². The Kier molecular flexibility index (Phi) is 7.29. The van der Waals surface area contributed by atoms with Crippen LogP contribution in [0.15, 0.2) is 24.3 Å². The number of nitrogens with zero attached hydrogens (tertiary/aromatic N) is 2. The molecule has 0 spiro atoms. The maximum Gasteiger partial charge on any atom is 0.238 e. The fraction of sp³-hybridized carbons (Fsp3) is 0.429. The summed E-state index contributed by atoms with van der Waals surface area (Å²) in [4.78, 5) is 13.7. The third-order valence-electron chi connectivity index (χ3n) is 2.72. The van der Waals surface area contributed by atoms with E-state index >= 15 is 0 Å². The maximum atomic E-state index is 11.9. The first-order chi connectivity index (χ1) is 9.71. The molecule has 0 aliphatic carbocycles. The maximum absolute atomic E-state index is 11.9. The highest BCUT2D eigenvalue weighted by molar-refractivity contribution is 5.93. The third kappa shape index (κ3) is 5.36. The van der Waals surface area contributed by atoms with Crippen molar-refractivity contribution in [1.82, 2.24) is 4.90 Å². The molecule has 1 rings (SSSR count). The number of methoxy groups -OCH3 is 1. The van der Waals surface area contributed by atoms with E-state index in [0.29, 0.717) is 30.9 Å². The minimum absolute atomic E-state index is 0.0220. The van der Waals surface area contributed by atoms with Crippen LogP contribution in [0, 0.1) is 11.3 Å². The number of anilines is 1. The Morgan fingerprint density at radius 3 is 2.85 bits per heavy atom. The third-order valence-corrected chi connectivity index (χ3v) is 2.72. The van der Waals surface area contributed by atoms with Crippen molar-refractivity contribution in [2.75, 3.05) is 45.3 Å². The van der Waals surface area contributed by atoms with Crippen LogP contribution >= 0.6 is 0 Å². The molecule has 0 saturated carbocycles. The first-order valence-electron chi connectivity index (χ1n) is 6.32. The topological polar surface area (TPSA) is 85.6 Å². The summed E-state index contributed by atoms with van der Waals surface area (Å²) in [5.41, 5.74) is 0.919. The van der Waals surface area contributed by atoms with Gasteiger partial charge in [0.1, 0.15) is 6.07 Å². The van der Waals surface area contributed by atoms with Crippen molar-refractivity contribution in [1.29, 1.82) is 5.26 Å². The number of hydrogen-bond acceptors (Lipinski definition) is 5. The normalized spacial score (nSPS) is 10.3. The lowest BCUT2D eigenvalue weighted by Crippen LogP contribution is -2.37. The SMILES string of the molecule is COCCN(CCO)CC(=O)Nc1ccccc1C#N. The summed E-state index contributed by atoms with van der Waals surface area (Å²) in [7, 11) is 1.58. The van der Waals surface area contributed by atoms with Crippen molar-refractivity contribution in [3.05, 3.63) is 29.8 Å². The van der Waals surface area contributed by atoms with E-state index in [1.54, 1.807) is 36.3 Å². The molecule has 6 heteroatoms. The number of nitriles is 1. The number of aliphatic hydroxyl groups is 1. The summed E-state index contributed by atoms with van der Waals surface area (Å²) < 4.78 is 4.96. The van der Waals surface area contributed by atoms with Gasteiger partial charge in [-0.15, -0.1) is 0 Å². The monoisotopic (exact) mass is 277 g/mol. The number of aliphatic hydroxyl groups excluding tert-OH is 1. The molecule has 6 nitrogen and oxygen atoms in total. The summed E-state index contributed by atoms with van der Waals surface area (Å²) in [5, 5.41) is 20.6. The van der Waals surface area contributed by atoms with Gasteiger partial charge in [0.15, 0.2) is 0 Å². The lowest BCUT2D eigenvalue weighted by atomic mass is 10.2. The molecule has 0 unspecified atom stereocenters. The predicted molar refractivity (Wildman–Crippen MR) is 75.2 cm³/mol. The van der Waals surface area contributed by atoms with Gasteiger partial charge in [0.05, 0.1) is 31.0 Å². The van der Waals surface area contributed by atoms with Crippen LogP contribution in [0.4, 0.5) is 5.69 Å². The van der Waals surface area contributed by atoms with E-state index in [0.717, 1.165) is 0 Å². The Morgan fingerprint density at radius 2 is 2.20 bits per heavy atom. The van der Waals surface area contributed by atoms with Crippen molar-refractivity contribution in [3.8, 4) is 6.07 Å². The number of benzene rings is 1. The Balaban J connectivity index is 2.58. The van der Waals surface area contributed by atoms with Crippen LogP contribution in [-0.2, 0) is 9.53 Å². The first-order valence-corrected chi connectivity index (χ1v) is 6.32. The lowest BCUT2D eigenvalue weighted by molar-refractivity contribution is -0.117. The standard InChI is InChI=1S/C14H19N3O3/c1-20-9-7-17(6-8-18)11-14(19)16-13-5-3-2-4-12(13)10-15/h2-5,18H,6-9,11H2,1H3,(H,16,19). The van der Waals surface area contributed by atoms with Gasteiger partial charge in [0, 0.05) is 20.2 Å². The van der Waals surface area contributed by atoms with E-state index < -0.39 is 0 Å². The molecule has 1 aromatic carbocycles. The molecule has 1 amide bonds. The van der Waals surface area contributed by atoms with Gasteiger partial charge in [-0.1, -0.05) is 12.1 Å². The van der Waals surface area contributed by atoms with Crippen molar-refractivity contribution < 1.29 is 14.6 Å². The lowest BCUT2D eigenvalue weighted by Gasteiger charge is -2.20. The molecule has 0 aliphatic rings. The molecule has 0 fully saturated rings. The van der Waals surface area contributed by atoms with Gasteiger partial charge in [-0.25, -0.2) is 0 Å². The van der Waals surface area contributed by atoms with Gasteiger partial charge in [-0.2, -0.15) is 5.26 Å². The van der Waals surface area contributed by atoms with E-state index in [-0.39, 0.29) is 19.1 Å². The second-order valence-corrected chi connectivity index (χ2v) is 4.20. The highest BCUT2D eigenvalue weighted by Crippen LogP contribution is 2.13. The van der Waals surface area contributed by atoms with Crippen LogP contribution < -0.4 is 5.32 Å². The van der Waals surface area contributed by atoms with Gasteiger partial charge in [-0.05, 0) is 12.1 Å². The Hall–Kier alpha value is -1.94. The van der Waals surface area contributed by atoms with Gasteiger partial charge < -0.3 is 15.2 Å². The van der Waals surface area contributed by atoms with Crippen molar-refractivity contribution in [2.45, 2.75) is 0 Å². The molecule has 0 bridgehead atoms. The van der Waals surface area contributed by atoms with Crippen LogP contribution in [0.3, 0.4) is 0 Å². The Bertz CT molecular complexity index is 471. The fourth-order valence-corrected chi connectivity index (χ4v) is 1.71. The number of carbonyl (C=O) groups excluding carboxylic acids is 1. The summed E-state index contributed by atoms with van der Waals surface area (Å²) in [6, 6.07) is 8.85. The van der Waals surface area contributed by atoms with Crippen LogP contribution in [0.1, 0.15) is 5.56 Å². The molecule has 0 saturated heterocycles. The molecule has 2 N–H and O–H groups in total. The first kappa shape index (κ1) is 16.1. The van der Waals surface area contributed by atoms with Gasteiger partial charge >= 0.3 is 0 Å². The van der Waals surface area contributed by atoms with E-state index in [1.807, 2.05) is 6.07 Å². The van der Waals surface area contributed by atoms with Crippen LogP contribution in [-0.4, -0.2) is 55.9 Å². The molecule has 108 valence electrons. The molecule has 0 radical (unpaired) electrons. The highest BCUT2D eigenvalue weighted by Gasteiger charge is 2.11. The van der Waals surface area contributed by atoms with E-state index in [2.05, 4.69) is 5.32 Å². The number of carbonyl (C=O) groups is 1. The number of nitrogens with one attached hydrogen (secondary N) is 1. The summed E-state index contributed by atoms with van der Waals surface area (Å²) >= 11 is 0. The largest absolute Gasteiger partial charge is 0.395 e. The number of rotatable bonds is 8. The Morgan fingerprint density at radius 1 is 1.45 bits per heavy atom. The highest BCUT2D eigenvalue weighted by atomic mass is 16.5. The van der Waals surface area contributed by atoms with Crippen molar-refractivity contribution in [3.63, 3.8) is 0 Å². The Labute approximate surface area is 118 Å². The number of para-hydroxylation sites is 1. The fourth-order valence-electron chi connectivity index (χ4n) is 1.71. The minimum Gasteiger partial charge on any atom is -0.395 e. The summed E-state index contributed by atoms with van der Waals surface area (Å²) in [5.74, 6) is -0.225. The summed E-state index contributed by atoms with van der Waals surface area (Å²) in [6.07, 6.45) is 0. The average molecular weight is 277 g/mol. The molecular weight excluding hydrogens is 258 g/mol. The number of ether oxygens (including phenoxy) is 1. The van der Waals surface area contributed by atoms with Gasteiger partial charge in [-0.3, -0.25) is 9.69 Å². The molecule has 0 heterocycles. The van der Waals surface area contributed by atoms with Gasteiger partial charge in [0.25, 0.3) is 0 Å². The molecule has 1 aromatic rings. The zero-order chi connectivity index (χ0) is 14.8. The number of hydrogen-bond donors (Lipinski definition) is 2. The van der Waals surface area contributed by atoms with E-state index in [1.165, 1.54) is 0 Å². The number of amides is 1. The van der Waals surface area contributed by atoms with Crippen molar-refractivity contribution in [2.24, 2.45) is 0 Å². The molecule has 20 heavy (non-hydrogen) atoms. The molecular formula is C14H19N3O3. The zero-order valence-electron chi connectivity index (χ0n) is 11.5. The van der Waals surface area contributed by atoms with E-state index in [9.17, 15) is 4.79 Å². The van der Waals surface area contributed by atoms with E-state index in [4.69, 9.17) is 15.1 Å². The smallest absolute Gasteiger partial charge is 0.238 e. The average Bonchev–Trinajstić information content (AvgIpc) is 2.45. The summed E-state index contributed by atoms with van der Waals surface area (Å²) in [6.45, 7) is 1.57. The van der Waals surface area contributed by atoms with Crippen LogP contribution in [0.2, 0.25) is 0 Å². The minimum atomic E-state index is -0.225. The second-order valence-electron chi connectivity index (χ2n) is 4.20. The van der Waals surface area contributed by atoms with Gasteiger partial charge in [0.2, 0.25) is 5.91 Å². The predicted octanol–water partition coefficient (Wildman–Crippen LogP) is 0.437. The molecule has 0 atom stereocenters. The second kappa shape index (κ2) is 9.04. The zero-order valence-corrected chi connectivity index (χ0v) is 11.5.